The first-order chi connectivity index (χ1) is 17.3. The van der Waals surface area contributed by atoms with Gasteiger partial charge < -0.3 is 10.6 Å². The molecular weight excluding hydrogens is 446 g/mol. The predicted octanol–water partition coefficient (Wildman–Crippen LogP) is 4.13. The van der Waals surface area contributed by atoms with Crippen LogP contribution in [0.15, 0.2) is 48.5 Å². The smallest absolute Gasteiger partial charge is 0.227 e. The maximum Gasteiger partial charge on any atom is 0.227 e. The summed E-state index contributed by atoms with van der Waals surface area (Å²) in [5.74, 6) is 0.528. The van der Waals surface area contributed by atoms with Crippen molar-refractivity contribution in [1.82, 2.24) is 25.3 Å². The number of para-hydroxylation sites is 1. The Morgan fingerprint density at radius 3 is 2.53 bits per heavy atom. The van der Waals surface area contributed by atoms with Gasteiger partial charge in [-0.3, -0.25) is 9.69 Å². The van der Waals surface area contributed by atoms with Crippen LogP contribution in [0.2, 0.25) is 0 Å². The summed E-state index contributed by atoms with van der Waals surface area (Å²) in [7, 11) is 0. The van der Waals surface area contributed by atoms with Crippen molar-refractivity contribution in [1.29, 1.82) is 0 Å². The van der Waals surface area contributed by atoms with Crippen LogP contribution in [0.1, 0.15) is 47.5 Å². The van der Waals surface area contributed by atoms with E-state index in [4.69, 9.17) is 5.10 Å². The van der Waals surface area contributed by atoms with Crippen LogP contribution in [0.3, 0.4) is 0 Å². The molecule has 1 amide bonds. The molecule has 0 spiro atoms. The molecule has 0 aliphatic carbocycles. The van der Waals surface area contributed by atoms with E-state index in [-0.39, 0.29) is 12.3 Å². The van der Waals surface area contributed by atoms with E-state index in [2.05, 4.69) is 80.5 Å². The molecule has 1 atom stereocenters. The second-order valence-corrected chi connectivity index (χ2v) is 10.7. The zero-order valence-corrected chi connectivity index (χ0v) is 22.5. The van der Waals surface area contributed by atoms with E-state index < -0.39 is 0 Å². The van der Waals surface area contributed by atoms with Gasteiger partial charge in [0.25, 0.3) is 0 Å². The number of piperazine rings is 1. The van der Waals surface area contributed by atoms with Gasteiger partial charge in [-0.15, -0.1) is 0 Å². The number of hydrogen-bond donors (Lipinski definition) is 2. The minimum absolute atomic E-state index is 0.0174. The minimum atomic E-state index is 0.0174. The molecular formula is C30H41N5O. The molecule has 1 aliphatic heterocycles. The van der Waals surface area contributed by atoms with Crippen LogP contribution in [-0.4, -0.2) is 52.9 Å². The van der Waals surface area contributed by atoms with Gasteiger partial charge in [-0.05, 0) is 74.4 Å². The Balaban J connectivity index is 1.40. The third kappa shape index (κ3) is 6.62. The highest BCUT2D eigenvalue weighted by molar-refractivity contribution is 5.78. The van der Waals surface area contributed by atoms with Gasteiger partial charge in [0.15, 0.2) is 0 Å². The molecule has 192 valence electrons. The lowest BCUT2D eigenvalue weighted by molar-refractivity contribution is -0.121. The number of aromatic nitrogens is 2. The molecule has 2 N–H and O–H groups in total. The second-order valence-electron chi connectivity index (χ2n) is 10.7. The van der Waals surface area contributed by atoms with Gasteiger partial charge in [0.2, 0.25) is 5.91 Å². The number of rotatable bonds is 9. The van der Waals surface area contributed by atoms with Gasteiger partial charge in [-0.2, -0.15) is 5.10 Å². The Labute approximate surface area is 216 Å². The van der Waals surface area contributed by atoms with E-state index in [1.807, 2.05) is 22.9 Å². The molecule has 2 aromatic carbocycles. The summed E-state index contributed by atoms with van der Waals surface area (Å²) in [6.45, 7) is 14.4. The molecule has 1 aromatic heterocycles. The van der Waals surface area contributed by atoms with E-state index in [9.17, 15) is 4.79 Å². The number of hydrogen-bond acceptors (Lipinski definition) is 4. The van der Waals surface area contributed by atoms with Crippen LogP contribution in [0.4, 0.5) is 0 Å². The van der Waals surface area contributed by atoms with Crippen LogP contribution < -0.4 is 10.6 Å². The summed E-state index contributed by atoms with van der Waals surface area (Å²) in [5.41, 5.74) is 8.44. The van der Waals surface area contributed by atoms with Crippen molar-refractivity contribution in [3.05, 3.63) is 82.2 Å². The maximum absolute atomic E-state index is 12.9. The Hall–Kier alpha value is -2.96. The molecule has 0 radical (unpaired) electrons. The first-order valence-electron chi connectivity index (χ1n) is 13.2. The van der Waals surface area contributed by atoms with E-state index in [0.717, 1.165) is 49.6 Å². The lowest BCUT2D eigenvalue weighted by Gasteiger charge is -2.36. The van der Waals surface area contributed by atoms with E-state index in [0.29, 0.717) is 18.6 Å². The zero-order valence-electron chi connectivity index (χ0n) is 22.5. The van der Waals surface area contributed by atoms with Crippen molar-refractivity contribution in [2.45, 2.75) is 59.9 Å². The van der Waals surface area contributed by atoms with Crippen LogP contribution in [0, 0.1) is 26.7 Å². The van der Waals surface area contributed by atoms with Gasteiger partial charge >= 0.3 is 0 Å². The first-order valence-corrected chi connectivity index (χ1v) is 13.2. The van der Waals surface area contributed by atoms with Crippen molar-refractivity contribution in [2.75, 3.05) is 26.3 Å². The molecule has 1 saturated heterocycles. The first kappa shape index (κ1) is 26.1. The fourth-order valence-corrected chi connectivity index (χ4v) is 5.31. The highest BCUT2D eigenvalue weighted by Crippen LogP contribution is 2.21. The van der Waals surface area contributed by atoms with Gasteiger partial charge in [0, 0.05) is 31.4 Å². The summed E-state index contributed by atoms with van der Waals surface area (Å²) in [4.78, 5) is 15.3. The summed E-state index contributed by atoms with van der Waals surface area (Å²) in [6.07, 6.45) is 2.20. The van der Waals surface area contributed by atoms with E-state index >= 15 is 0 Å². The molecule has 6 nitrogen and oxygen atoms in total. The van der Waals surface area contributed by atoms with E-state index in [1.54, 1.807) is 0 Å². The van der Waals surface area contributed by atoms with Crippen molar-refractivity contribution >= 4 is 5.91 Å². The minimum Gasteiger partial charge on any atom is -0.343 e. The van der Waals surface area contributed by atoms with Crippen LogP contribution >= 0.6 is 0 Å². The summed E-state index contributed by atoms with van der Waals surface area (Å²) >= 11 is 0. The Bertz CT molecular complexity index is 1140. The summed E-state index contributed by atoms with van der Waals surface area (Å²) in [5, 5.41) is 11.5. The van der Waals surface area contributed by atoms with Crippen LogP contribution in [0.25, 0.3) is 5.69 Å². The largest absolute Gasteiger partial charge is 0.343 e. The summed E-state index contributed by atoms with van der Waals surface area (Å²) < 4.78 is 1.99. The number of benzene rings is 2. The Kier molecular flexibility index (Phi) is 8.60. The van der Waals surface area contributed by atoms with Gasteiger partial charge in [-0.1, -0.05) is 49.7 Å². The summed E-state index contributed by atoms with van der Waals surface area (Å²) in [6, 6.07) is 17.1. The molecule has 1 fully saturated rings. The Morgan fingerprint density at radius 1 is 1.11 bits per heavy atom. The van der Waals surface area contributed by atoms with Gasteiger partial charge in [0.1, 0.15) is 0 Å². The second kappa shape index (κ2) is 11.8. The number of carbonyl (C=O) groups excluding carboxylic acids is 1. The average molecular weight is 488 g/mol. The topological polar surface area (TPSA) is 62.2 Å². The number of carbonyl (C=O) groups is 1. The number of amides is 1. The van der Waals surface area contributed by atoms with Crippen molar-refractivity contribution in [3.63, 3.8) is 0 Å². The average Bonchev–Trinajstić information content (AvgIpc) is 3.22. The Morgan fingerprint density at radius 2 is 1.83 bits per heavy atom. The van der Waals surface area contributed by atoms with E-state index in [1.165, 1.54) is 22.3 Å². The molecule has 4 rings (SSSR count). The maximum atomic E-state index is 12.9. The molecule has 2 heterocycles. The third-order valence-electron chi connectivity index (χ3n) is 7.03. The van der Waals surface area contributed by atoms with Crippen molar-refractivity contribution < 1.29 is 4.79 Å². The molecule has 0 bridgehead atoms. The fraction of sp³-hybridized carbons (Fsp3) is 0.467. The SMILES string of the molecule is Cc1cc(C)c(CC2CNCCN2CNC(=O)Cc2cc(CC(C)C)n(-c3ccccc3)n2)c(C)c1. The zero-order chi connectivity index (χ0) is 25.7. The van der Waals surface area contributed by atoms with Crippen LogP contribution in [0.5, 0.6) is 0 Å². The quantitative estimate of drug-likeness (QED) is 0.477. The standard InChI is InChI=1S/C30H41N5O/c1-21(2)13-27-16-25(33-35(27)26-9-7-6-8-10-26)17-30(36)32-20-34-12-11-31-19-28(34)18-29-23(4)14-22(3)15-24(29)5/h6-10,14-16,21,28,31H,11-13,17-20H2,1-5H3,(H,32,36). The van der Waals surface area contributed by atoms with Gasteiger partial charge in [-0.25, -0.2) is 4.68 Å². The predicted molar refractivity (Wildman–Crippen MR) is 147 cm³/mol. The third-order valence-corrected chi connectivity index (χ3v) is 7.03. The highest BCUT2D eigenvalue weighted by Gasteiger charge is 2.24. The molecule has 6 heteroatoms. The number of nitrogens with one attached hydrogen (secondary N) is 2. The fourth-order valence-electron chi connectivity index (χ4n) is 5.31. The number of aryl methyl sites for hydroxylation is 3. The normalized spacial score (nSPS) is 16.4. The molecule has 0 saturated carbocycles. The lowest BCUT2D eigenvalue weighted by atomic mass is 9.93. The monoisotopic (exact) mass is 487 g/mol. The van der Waals surface area contributed by atoms with Crippen LogP contribution in [-0.2, 0) is 24.1 Å². The van der Waals surface area contributed by atoms with Crippen molar-refractivity contribution in [2.24, 2.45) is 5.92 Å². The lowest BCUT2D eigenvalue weighted by Crippen LogP contribution is -2.55. The molecule has 1 unspecified atom stereocenters. The molecule has 3 aromatic rings. The number of nitrogens with zero attached hydrogens (tertiary/aromatic N) is 3. The molecule has 1 aliphatic rings. The van der Waals surface area contributed by atoms with Crippen molar-refractivity contribution in [3.8, 4) is 5.69 Å². The molecule has 36 heavy (non-hydrogen) atoms. The van der Waals surface area contributed by atoms with Gasteiger partial charge in [0.05, 0.1) is 24.5 Å². The highest BCUT2D eigenvalue weighted by atomic mass is 16.1.